The predicted octanol–water partition coefficient (Wildman–Crippen LogP) is 2.53. The minimum absolute atomic E-state index is 0.328. The molecule has 1 aliphatic rings. The normalized spacial score (nSPS) is 18.3. The van der Waals surface area contributed by atoms with Gasteiger partial charge in [-0.05, 0) is 49.6 Å². The van der Waals surface area contributed by atoms with Gasteiger partial charge in [0.15, 0.2) is 0 Å². The van der Waals surface area contributed by atoms with Crippen LogP contribution in [-0.2, 0) is 5.54 Å². The highest BCUT2D eigenvalue weighted by Crippen LogP contribution is 2.45. The smallest absolute Gasteiger partial charge is 0.222 e. The molecule has 4 heteroatoms. The molecule has 100 valence electrons. The third-order valence-corrected chi connectivity index (χ3v) is 4.07. The van der Waals surface area contributed by atoms with E-state index in [1.807, 2.05) is 19.3 Å². The molecule has 1 fully saturated rings. The third-order valence-electron chi connectivity index (χ3n) is 4.07. The first-order valence-electron chi connectivity index (χ1n) is 6.62. The number of pyridine rings is 2. The summed E-state index contributed by atoms with van der Waals surface area (Å²) in [6.07, 6.45) is 6.08. The van der Waals surface area contributed by atoms with Crippen LogP contribution in [0.15, 0.2) is 18.5 Å². The second kappa shape index (κ2) is 4.17. The number of hydrogen-bond acceptors (Lipinski definition) is 4. The molecule has 0 radical (unpaired) electrons. The molecule has 0 aliphatic heterocycles. The van der Waals surface area contributed by atoms with Crippen molar-refractivity contribution in [3.05, 3.63) is 29.7 Å². The number of nitrogens with zero attached hydrogens (tertiary/aromatic N) is 2. The quantitative estimate of drug-likeness (QED) is 0.917. The van der Waals surface area contributed by atoms with Crippen molar-refractivity contribution < 1.29 is 4.74 Å². The Balaban J connectivity index is 2.27. The highest BCUT2D eigenvalue weighted by atomic mass is 16.5. The van der Waals surface area contributed by atoms with Gasteiger partial charge in [-0.15, -0.1) is 0 Å². The third kappa shape index (κ3) is 1.96. The number of hydrogen-bond donors (Lipinski definition) is 1. The summed E-state index contributed by atoms with van der Waals surface area (Å²) in [5.41, 5.74) is 8.30. The molecular weight excluding hydrogens is 238 g/mol. The van der Waals surface area contributed by atoms with Crippen LogP contribution in [0.2, 0.25) is 0 Å². The molecule has 0 saturated heterocycles. The summed E-state index contributed by atoms with van der Waals surface area (Å²) >= 11 is 0. The fourth-order valence-electron chi connectivity index (χ4n) is 2.71. The van der Waals surface area contributed by atoms with Crippen LogP contribution in [0.5, 0.6) is 5.88 Å². The zero-order valence-corrected chi connectivity index (χ0v) is 11.6. The molecule has 4 nitrogen and oxygen atoms in total. The lowest BCUT2D eigenvalue weighted by Gasteiger charge is -2.26. The van der Waals surface area contributed by atoms with Gasteiger partial charge in [0, 0.05) is 23.6 Å². The van der Waals surface area contributed by atoms with Gasteiger partial charge in [-0.25, -0.2) is 4.98 Å². The Bertz CT molecular complexity index is 633. The predicted molar refractivity (Wildman–Crippen MR) is 75.1 cm³/mol. The molecule has 0 spiro atoms. The number of aryl methyl sites for hydroxylation is 1. The maximum Gasteiger partial charge on any atom is 0.222 e. The first kappa shape index (κ1) is 12.4. The van der Waals surface area contributed by atoms with E-state index < -0.39 is 0 Å². The number of fused-ring (bicyclic) bond motifs is 1. The van der Waals surface area contributed by atoms with Crippen molar-refractivity contribution in [2.75, 3.05) is 7.11 Å². The van der Waals surface area contributed by atoms with Crippen molar-refractivity contribution in [2.24, 2.45) is 11.7 Å². The summed E-state index contributed by atoms with van der Waals surface area (Å²) in [6, 6.07) is 2.07. The van der Waals surface area contributed by atoms with Crippen LogP contribution in [0.3, 0.4) is 0 Å². The first-order valence-corrected chi connectivity index (χ1v) is 6.62. The molecule has 1 atom stereocenters. The Labute approximate surface area is 113 Å². The van der Waals surface area contributed by atoms with Crippen molar-refractivity contribution in [1.29, 1.82) is 0 Å². The van der Waals surface area contributed by atoms with E-state index in [1.54, 1.807) is 7.11 Å². The molecule has 2 heterocycles. The van der Waals surface area contributed by atoms with Gasteiger partial charge in [0.1, 0.15) is 0 Å². The fourth-order valence-corrected chi connectivity index (χ4v) is 2.71. The average molecular weight is 257 g/mol. The maximum atomic E-state index is 6.55. The highest BCUT2D eigenvalue weighted by molar-refractivity contribution is 5.89. The van der Waals surface area contributed by atoms with Gasteiger partial charge in [-0.3, -0.25) is 4.98 Å². The summed E-state index contributed by atoms with van der Waals surface area (Å²) < 4.78 is 5.32. The van der Waals surface area contributed by atoms with Crippen molar-refractivity contribution in [3.63, 3.8) is 0 Å². The molecule has 3 rings (SSSR count). The van der Waals surface area contributed by atoms with Gasteiger partial charge < -0.3 is 10.5 Å². The molecule has 1 saturated carbocycles. The van der Waals surface area contributed by atoms with E-state index in [-0.39, 0.29) is 5.54 Å². The lowest BCUT2D eigenvalue weighted by Crippen LogP contribution is -2.35. The first-order chi connectivity index (χ1) is 9.04. The molecule has 2 N–H and O–H groups in total. The number of ether oxygens (including phenoxy) is 1. The van der Waals surface area contributed by atoms with Crippen LogP contribution in [0.1, 0.15) is 31.0 Å². The van der Waals surface area contributed by atoms with E-state index in [4.69, 9.17) is 10.5 Å². The Kier molecular flexibility index (Phi) is 2.71. The second-order valence-electron chi connectivity index (χ2n) is 5.61. The molecule has 0 unspecified atom stereocenters. The molecule has 2 aromatic heterocycles. The van der Waals surface area contributed by atoms with Gasteiger partial charge in [0.2, 0.25) is 5.88 Å². The van der Waals surface area contributed by atoms with Crippen LogP contribution in [0.25, 0.3) is 10.8 Å². The van der Waals surface area contributed by atoms with E-state index in [9.17, 15) is 0 Å². The monoisotopic (exact) mass is 257 g/mol. The zero-order chi connectivity index (χ0) is 13.6. The molecule has 0 aromatic carbocycles. The molecule has 19 heavy (non-hydrogen) atoms. The second-order valence-corrected chi connectivity index (χ2v) is 5.61. The summed E-state index contributed by atoms with van der Waals surface area (Å²) in [5.74, 6) is 1.16. The van der Waals surface area contributed by atoms with Crippen molar-refractivity contribution >= 4 is 10.8 Å². The minimum atomic E-state index is -0.328. The summed E-state index contributed by atoms with van der Waals surface area (Å²) in [7, 11) is 1.63. The van der Waals surface area contributed by atoms with Crippen LogP contribution in [0.4, 0.5) is 0 Å². The lowest BCUT2D eigenvalue weighted by atomic mass is 9.86. The Hall–Kier alpha value is -1.68. The number of nitrogens with two attached hydrogens (primary N) is 1. The van der Waals surface area contributed by atoms with Gasteiger partial charge >= 0.3 is 0 Å². The van der Waals surface area contributed by atoms with Crippen LogP contribution in [-0.4, -0.2) is 17.1 Å². The topological polar surface area (TPSA) is 61.0 Å². The summed E-state index contributed by atoms with van der Waals surface area (Å²) in [6.45, 7) is 4.09. The van der Waals surface area contributed by atoms with E-state index in [0.29, 0.717) is 11.8 Å². The SMILES string of the molecule is COc1ncc([C@@](C)(N)C2CC2)c2cc(C)ncc12. The zero-order valence-electron chi connectivity index (χ0n) is 11.6. The van der Waals surface area contributed by atoms with E-state index in [0.717, 1.165) is 22.0 Å². The fraction of sp³-hybridized carbons (Fsp3) is 0.467. The van der Waals surface area contributed by atoms with Gasteiger partial charge in [0.25, 0.3) is 0 Å². The van der Waals surface area contributed by atoms with E-state index in [2.05, 4.69) is 23.0 Å². The summed E-state index contributed by atoms with van der Waals surface area (Å²) in [5, 5.41) is 2.04. The number of methoxy groups -OCH3 is 1. The van der Waals surface area contributed by atoms with E-state index in [1.165, 1.54) is 12.8 Å². The van der Waals surface area contributed by atoms with Gasteiger partial charge in [0.05, 0.1) is 12.5 Å². The molecule has 1 aliphatic carbocycles. The van der Waals surface area contributed by atoms with Crippen LogP contribution in [0, 0.1) is 12.8 Å². The minimum Gasteiger partial charge on any atom is -0.481 e. The maximum absolute atomic E-state index is 6.55. The average Bonchev–Trinajstić information content (AvgIpc) is 3.21. The lowest BCUT2D eigenvalue weighted by molar-refractivity contribution is 0.399. The van der Waals surface area contributed by atoms with Gasteiger partial charge in [-0.1, -0.05) is 0 Å². The number of aromatic nitrogens is 2. The molecule has 0 bridgehead atoms. The van der Waals surface area contributed by atoms with Crippen LogP contribution >= 0.6 is 0 Å². The Morgan fingerprint density at radius 1 is 1.26 bits per heavy atom. The highest BCUT2D eigenvalue weighted by Gasteiger charge is 2.41. The summed E-state index contributed by atoms with van der Waals surface area (Å²) in [4.78, 5) is 8.73. The largest absolute Gasteiger partial charge is 0.481 e. The standard InChI is InChI=1S/C15H19N3O/c1-9-6-11-12(7-17-9)14(19-3)18-8-13(11)15(2,16)10-4-5-10/h6-8,10H,4-5,16H2,1-3H3/t15-/m0/s1. The van der Waals surface area contributed by atoms with Crippen molar-refractivity contribution in [3.8, 4) is 5.88 Å². The Morgan fingerprint density at radius 2 is 2.00 bits per heavy atom. The number of rotatable bonds is 3. The molecule has 2 aromatic rings. The Morgan fingerprint density at radius 3 is 2.63 bits per heavy atom. The van der Waals surface area contributed by atoms with Crippen LogP contribution < -0.4 is 10.5 Å². The van der Waals surface area contributed by atoms with Gasteiger partial charge in [-0.2, -0.15) is 0 Å². The van der Waals surface area contributed by atoms with Crippen molar-refractivity contribution in [2.45, 2.75) is 32.2 Å². The molecular formula is C15H19N3O. The van der Waals surface area contributed by atoms with Crippen molar-refractivity contribution in [1.82, 2.24) is 9.97 Å². The molecule has 0 amide bonds. The van der Waals surface area contributed by atoms with E-state index >= 15 is 0 Å².